The summed E-state index contributed by atoms with van der Waals surface area (Å²) in [7, 11) is 0. The van der Waals surface area contributed by atoms with Crippen LogP contribution in [0.25, 0.3) is 0 Å². The van der Waals surface area contributed by atoms with Crippen LogP contribution in [0.4, 0.5) is 21.5 Å². The Morgan fingerprint density at radius 2 is 1.18 bits per heavy atom. The lowest BCUT2D eigenvalue weighted by atomic mass is 9.54. The number of anilines is 2. The number of carbonyl (C=O) groups is 2. The van der Waals surface area contributed by atoms with Crippen molar-refractivity contribution < 1.29 is 19.1 Å². The third-order valence-electron chi connectivity index (χ3n) is 5.55. The number of carbonyl (C=O) groups excluding carboxylic acids is 2. The van der Waals surface area contributed by atoms with Crippen LogP contribution in [0.5, 0.6) is 0 Å². The fourth-order valence-electron chi connectivity index (χ4n) is 4.35. The largest absolute Gasteiger partial charge is 0.444 e. The van der Waals surface area contributed by atoms with Crippen molar-refractivity contribution in [1.82, 2.24) is 19.9 Å². The molecule has 1 saturated carbocycles. The molecule has 8 N–H and O–H groups in total. The molecule has 0 radical (unpaired) electrons. The second-order valence-electron chi connectivity index (χ2n) is 10.5. The second kappa shape index (κ2) is 9.63. The van der Waals surface area contributed by atoms with E-state index in [1.54, 1.807) is 53.9 Å². The van der Waals surface area contributed by atoms with Crippen molar-refractivity contribution in [3.63, 3.8) is 0 Å². The normalized spacial score (nSPS) is 22.6. The van der Waals surface area contributed by atoms with Crippen molar-refractivity contribution >= 4 is 24.1 Å². The van der Waals surface area contributed by atoms with E-state index in [2.05, 4.69) is 30.6 Å². The van der Waals surface area contributed by atoms with E-state index in [1.165, 1.54) is 0 Å². The number of rotatable bonds is 6. The van der Waals surface area contributed by atoms with Crippen molar-refractivity contribution in [2.75, 3.05) is 23.7 Å². The van der Waals surface area contributed by atoms with Crippen LogP contribution in [0, 0.1) is 11.8 Å². The number of nitrogens with one attached hydrogen (secondary N) is 4. The number of aromatic nitrogens is 4. The molecule has 0 aliphatic heterocycles. The molecule has 2 aromatic heterocycles. The smallest absolute Gasteiger partial charge is 0.414 e. The lowest BCUT2D eigenvalue weighted by molar-refractivity contribution is 0.0623. The number of aromatic amines is 2. The highest BCUT2D eigenvalue weighted by Crippen LogP contribution is 2.56. The Hall–Kier alpha value is -3.12. The number of nitrogens with two attached hydrogens (primary N) is 2. The van der Waals surface area contributed by atoms with Gasteiger partial charge in [-0.15, -0.1) is 0 Å². The van der Waals surface area contributed by atoms with E-state index < -0.39 is 23.4 Å². The summed E-state index contributed by atoms with van der Waals surface area (Å²) < 4.78 is 10.6. The summed E-state index contributed by atoms with van der Waals surface area (Å²) in [5.74, 6) is 0.717. The highest BCUT2D eigenvalue weighted by Gasteiger charge is 2.51. The van der Waals surface area contributed by atoms with Gasteiger partial charge in [0.2, 0.25) is 11.9 Å². The molecule has 0 spiro atoms. The number of ether oxygens (including phenoxy) is 2. The van der Waals surface area contributed by atoms with Gasteiger partial charge in [-0.2, -0.15) is 0 Å². The van der Waals surface area contributed by atoms with Gasteiger partial charge in [-0.05, 0) is 66.5 Å². The molecule has 188 valence electrons. The van der Waals surface area contributed by atoms with Gasteiger partial charge in [0.15, 0.2) is 0 Å². The Bertz CT molecular complexity index is 923. The SMILES string of the molecule is CC(C)(C)OC(=O)Nc1ncc([C@@H]2[C@@H](CN)[C@H](CN)[C@H]2c2cnc(NC(=O)OC(C)(C)C)[nH]2)[nH]1. The van der Waals surface area contributed by atoms with E-state index in [-0.39, 0.29) is 35.6 Å². The van der Waals surface area contributed by atoms with E-state index in [4.69, 9.17) is 20.9 Å². The van der Waals surface area contributed by atoms with Gasteiger partial charge in [0.05, 0.1) is 12.4 Å². The summed E-state index contributed by atoms with van der Waals surface area (Å²) in [6.07, 6.45) is 2.16. The fourth-order valence-corrected chi connectivity index (χ4v) is 4.35. The topological polar surface area (TPSA) is 186 Å². The average molecular weight is 477 g/mol. The maximum absolute atomic E-state index is 12.1. The zero-order valence-corrected chi connectivity index (χ0v) is 20.6. The van der Waals surface area contributed by atoms with E-state index in [9.17, 15) is 9.59 Å². The Kier molecular flexibility index (Phi) is 7.22. The zero-order valence-electron chi connectivity index (χ0n) is 20.6. The second-order valence-corrected chi connectivity index (χ2v) is 10.5. The Labute approximate surface area is 199 Å². The molecule has 12 nitrogen and oxygen atoms in total. The molecule has 3 rings (SSSR count). The van der Waals surface area contributed by atoms with Crippen molar-refractivity contribution in [3.8, 4) is 0 Å². The first-order valence-corrected chi connectivity index (χ1v) is 11.3. The predicted octanol–water partition coefficient (Wildman–Crippen LogP) is 2.86. The summed E-state index contributed by atoms with van der Waals surface area (Å²) in [5, 5.41) is 5.23. The van der Waals surface area contributed by atoms with E-state index >= 15 is 0 Å². The minimum Gasteiger partial charge on any atom is -0.444 e. The lowest BCUT2D eigenvalue weighted by Gasteiger charge is -2.50. The Balaban J connectivity index is 1.76. The number of imidazole rings is 2. The van der Waals surface area contributed by atoms with E-state index in [0.29, 0.717) is 13.1 Å². The van der Waals surface area contributed by atoms with Crippen molar-refractivity contribution in [1.29, 1.82) is 0 Å². The zero-order chi connectivity index (χ0) is 25.3. The Morgan fingerprint density at radius 3 is 1.47 bits per heavy atom. The third kappa shape index (κ3) is 6.06. The lowest BCUT2D eigenvalue weighted by Crippen LogP contribution is -2.50. The number of nitrogens with zero attached hydrogens (tertiary/aromatic N) is 2. The molecule has 2 aromatic rings. The minimum absolute atomic E-state index is 0.0323. The number of hydrogen-bond donors (Lipinski definition) is 6. The maximum Gasteiger partial charge on any atom is 0.414 e. The van der Waals surface area contributed by atoms with Crippen molar-refractivity contribution in [2.24, 2.45) is 23.3 Å². The molecule has 2 amide bonds. The van der Waals surface area contributed by atoms with E-state index in [0.717, 1.165) is 11.4 Å². The minimum atomic E-state index is -0.622. The third-order valence-corrected chi connectivity index (χ3v) is 5.55. The molecule has 4 atom stereocenters. The summed E-state index contributed by atoms with van der Waals surface area (Å²) in [6.45, 7) is 11.6. The van der Waals surface area contributed by atoms with E-state index in [1.807, 2.05) is 0 Å². The van der Waals surface area contributed by atoms with Crippen LogP contribution in [-0.4, -0.2) is 56.4 Å². The molecule has 1 aliphatic carbocycles. The first kappa shape index (κ1) is 25.5. The molecule has 0 aromatic carbocycles. The van der Waals surface area contributed by atoms with Crippen LogP contribution in [0.3, 0.4) is 0 Å². The van der Waals surface area contributed by atoms with Gasteiger partial charge in [-0.25, -0.2) is 19.6 Å². The molecule has 34 heavy (non-hydrogen) atoms. The van der Waals surface area contributed by atoms with Gasteiger partial charge in [0, 0.05) is 23.2 Å². The first-order chi connectivity index (χ1) is 15.8. The average Bonchev–Trinajstić information content (AvgIpc) is 3.28. The van der Waals surface area contributed by atoms with Crippen LogP contribution in [0.1, 0.15) is 64.8 Å². The predicted molar refractivity (Wildman–Crippen MR) is 127 cm³/mol. The molecular formula is C22H36N8O4. The van der Waals surface area contributed by atoms with Crippen LogP contribution in [-0.2, 0) is 9.47 Å². The van der Waals surface area contributed by atoms with Gasteiger partial charge >= 0.3 is 12.2 Å². The van der Waals surface area contributed by atoms with Crippen LogP contribution < -0.4 is 22.1 Å². The van der Waals surface area contributed by atoms with Gasteiger partial charge < -0.3 is 30.9 Å². The maximum atomic E-state index is 12.1. The molecular weight excluding hydrogens is 440 g/mol. The summed E-state index contributed by atoms with van der Waals surface area (Å²) in [6, 6.07) is 0. The van der Waals surface area contributed by atoms with Gasteiger partial charge in [0.1, 0.15) is 11.2 Å². The first-order valence-electron chi connectivity index (χ1n) is 11.3. The number of hydrogen-bond acceptors (Lipinski definition) is 8. The highest BCUT2D eigenvalue weighted by molar-refractivity contribution is 5.83. The van der Waals surface area contributed by atoms with Crippen LogP contribution in [0.2, 0.25) is 0 Å². The van der Waals surface area contributed by atoms with Crippen LogP contribution >= 0.6 is 0 Å². The number of amides is 2. The van der Waals surface area contributed by atoms with Gasteiger partial charge in [-0.3, -0.25) is 10.6 Å². The summed E-state index contributed by atoms with van der Waals surface area (Å²) in [4.78, 5) is 39.0. The Morgan fingerprint density at radius 1 is 0.824 bits per heavy atom. The van der Waals surface area contributed by atoms with Crippen molar-refractivity contribution in [3.05, 3.63) is 23.8 Å². The number of H-pyrrole nitrogens is 2. The molecule has 0 bridgehead atoms. The molecule has 1 aliphatic rings. The molecule has 1 fully saturated rings. The van der Waals surface area contributed by atoms with Crippen molar-refractivity contribution in [2.45, 2.75) is 64.6 Å². The summed E-state index contributed by atoms with van der Waals surface area (Å²) in [5.41, 5.74) is 12.5. The monoisotopic (exact) mass is 476 g/mol. The molecule has 0 saturated heterocycles. The van der Waals surface area contributed by atoms with Crippen LogP contribution in [0.15, 0.2) is 12.4 Å². The molecule has 0 unspecified atom stereocenters. The molecule has 2 heterocycles. The fraction of sp³-hybridized carbons (Fsp3) is 0.636. The highest BCUT2D eigenvalue weighted by atomic mass is 16.6. The standard InChI is InChI=1S/C22H36N8O4/c1-21(2,3)33-19(31)29-17-25-9-13(27-17)15-11(7-23)12(8-24)16(15)14-10-26-18(28-14)30-20(32)34-22(4,5)6/h9-12,15-16H,7-8,23-24H2,1-6H3,(H2,25,27,29,31)(H2,26,28,30,32)/t11-,12-,15-,16-/m0/s1. The molecule has 12 heteroatoms. The van der Waals surface area contributed by atoms with Gasteiger partial charge in [0.25, 0.3) is 0 Å². The summed E-state index contributed by atoms with van der Waals surface area (Å²) >= 11 is 0. The quantitative estimate of drug-likeness (QED) is 0.367. The van der Waals surface area contributed by atoms with Gasteiger partial charge in [-0.1, -0.05) is 0 Å².